The van der Waals surface area contributed by atoms with Crippen molar-refractivity contribution in [2.24, 2.45) is 0 Å². The maximum atomic E-state index is 12.1. The average Bonchev–Trinajstić information content (AvgIpc) is 2.44. The van der Waals surface area contributed by atoms with Gasteiger partial charge >= 0.3 is 0 Å². The van der Waals surface area contributed by atoms with Crippen LogP contribution in [0.1, 0.15) is 37.0 Å². The molecule has 20 heavy (non-hydrogen) atoms. The van der Waals surface area contributed by atoms with Gasteiger partial charge in [0.1, 0.15) is 5.54 Å². The molecule has 1 aromatic carbocycles. The molecule has 0 atom stereocenters. The van der Waals surface area contributed by atoms with E-state index >= 15 is 0 Å². The second-order valence-corrected chi connectivity index (χ2v) is 6.67. The van der Waals surface area contributed by atoms with Gasteiger partial charge in [0.2, 0.25) is 0 Å². The lowest BCUT2D eigenvalue weighted by molar-refractivity contribution is 0.0915. The Kier molecular flexibility index (Phi) is 4.90. The van der Waals surface area contributed by atoms with Crippen molar-refractivity contribution in [1.29, 1.82) is 5.26 Å². The van der Waals surface area contributed by atoms with E-state index in [0.717, 1.165) is 6.26 Å². The lowest BCUT2D eigenvalue weighted by atomic mass is 9.94. The number of nitriles is 1. The monoisotopic (exact) mass is 294 g/mol. The second kappa shape index (κ2) is 6.06. The lowest BCUT2D eigenvalue weighted by Gasteiger charge is -2.24. The van der Waals surface area contributed by atoms with Crippen molar-refractivity contribution < 1.29 is 13.2 Å². The van der Waals surface area contributed by atoms with Gasteiger partial charge in [-0.15, -0.1) is 0 Å². The molecule has 1 aromatic rings. The quantitative estimate of drug-likeness (QED) is 0.898. The molecule has 1 amide bonds. The van der Waals surface area contributed by atoms with Gasteiger partial charge in [-0.2, -0.15) is 5.26 Å². The number of rotatable bonds is 5. The highest BCUT2D eigenvalue weighted by Crippen LogP contribution is 2.16. The molecule has 0 bridgehead atoms. The van der Waals surface area contributed by atoms with E-state index in [0.29, 0.717) is 18.4 Å². The van der Waals surface area contributed by atoms with Gasteiger partial charge in [-0.25, -0.2) is 8.42 Å². The molecule has 0 aliphatic rings. The Morgan fingerprint density at radius 3 is 2.10 bits per heavy atom. The third-order valence-electron chi connectivity index (χ3n) is 3.32. The first-order valence-electron chi connectivity index (χ1n) is 6.32. The van der Waals surface area contributed by atoms with Crippen LogP contribution in [0.4, 0.5) is 0 Å². The molecule has 0 saturated heterocycles. The first-order chi connectivity index (χ1) is 9.28. The summed E-state index contributed by atoms with van der Waals surface area (Å²) in [5.41, 5.74) is -0.550. The van der Waals surface area contributed by atoms with Gasteiger partial charge in [0.05, 0.1) is 11.0 Å². The summed E-state index contributed by atoms with van der Waals surface area (Å²) < 4.78 is 22.7. The largest absolute Gasteiger partial charge is 0.334 e. The Balaban J connectivity index is 2.97. The van der Waals surface area contributed by atoms with Crippen LogP contribution in [0.3, 0.4) is 0 Å². The maximum Gasteiger partial charge on any atom is 0.252 e. The highest BCUT2D eigenvalue weighted by molar-refractivity contribution is 7.90. The van der Waals surface area contributed by atoms with Crippen LogP contribution in [0.5, 0.6) is 0 Å². The standard InChI is InChI=1S/C14H18N2O3S/c1-4-14(5-2,10-15)16-13(17)11-6-8-12(9-7-11)20(3,18)19/h6-9H,4-5H2,1-3H3,(H,16,17). The van der Waals surface area contributed by atoms with E-state index < -0.39 is 15.4 Å². The Bertz CT molecular complexity index is 623. The molecule has 0 aromatic heterocycles. The van der Waals surface area contributed by atoms with Gasteiger partial charge in [0.25, 0.3) is 5.91 Å². The van der Waals surface area contributed by atoms with Crippen LogP contribution in [0.2, 0.25) is 0 Å². The number of hydrogen-bond donors (Lipinski definition) is 1. The number of nitrogens with one attached hydrogen (secondary N) is 1. The molecular weight excluding hydrogens is 276 g/mol. The molecule has 0 spiro atoms. The predicted octanol–water partition coefficient (Wildman–Crippen LogP) is 1.90. The van der Waals surface area contributed by atoms with E-state index in [9.17, 15) is 18.5 Å². The third-order valence-corrected chi connectivity index (χ3v) is 4.45. The van der Waals surface area contributed by atoms with E-state index in [4.69, 9.17) is 0 Å². The van der Waals surface area contributed by atoms with Gasteiger partial charge in [-0.05, 0) is 37.1 Å². The zero-order chi connectivity index (χ0) is 15.4. The molecule has 1 rings (SSSR count). The zero-order valence-corrected chi connectivity index (χ0v) is 12.6. The molecule has 0 unspecified atom stereocenters. The molecule has 0 radical (unpaired) electrons. The van der Waals surface area contributed by atoms with E-state index in [1.807, 2.05) is 13.8 Å². The van der Waals surface area contributed by atoms with Crippen LogP contribution < -0.4 is 5.32 Å². The van der Waals surface area contributed by atoms with E-state index in [1.54, 1.807) is 0 Å². The Hall–Kier alpha value is -1.87. The van der Waals surface area contributed by atoms with Crippen molar-refractivity contribution in [3.05, 3.63) is 29.8 Å². The zero-order valence-electron chi connectivity index (χ0n) is 11.8. The van der Waals surface area contributed by atoms with E-state index in [-0.39, 0.29) is 10.8 Å². The summed E-state index contributed by atoms with van der Waals surface area (Å²) >= 11 is 0. The summed E-state index contributed by atoms with van der Waals surface area (Å²) in [6, 6.07) is 7.78. The molecule has 1 N–H and O–H groups in total. The molecule has 0 aliphatic heterocycles. The van der Waals surface area contributed by atoms with Crippen LogP contribution in [-0.2, 0) is 9.84 Å². The van der Waals surface area contributed by atoms with Gasteiger partial charge < -0.3 is 5.32 Å². The number of benzene rings is 1. The van der Waals surface area contributed by atoms with Crippen molar-refractivity contribution in [2.75, 3.05) is 6.26 Å². The van der Waals surface area contributed by atoms with Crippen LogP contribution in [0, 0.1) is 11.3 Å². The maximum absolute atomic E-state index is 12.1. The van der Waals surface area contributed by atoms with Gasteiger partial charge in [0.15, 0.2) is 9.84 Å². The fourth-order valence-electron chi connectivity index (χ4n) is 1.76. The van der Waals surface area contributed by atoms with Crippen molar-refractivity contribution >= 4 is 15.7 Å². The van der Waals surface area contributed by atoms with Crippen molar-refractivity contribution in [2.45, 2.75) is 37.1 Å². The van der Waals surface area contributed by atoms with Crippen molar-refractivity contribution in [3.8, 4) is 6.07 Å². The minimum absolute atomic E-state index is 0.159. The number of hydrogen-bond acceptors (Lipinski definition) is 4. The minimum Gasteiger partial charge on any atom is -0.334 e. The third kappa shape index (κ3) is 3.58. The molecule has 0 saturated carbocycles. The molecular formula is C14H18N2O3S. The number of amides is 1. The van der Waals surface area contributed by atoms with Crippen molar-refractivity contribution in [3.63, 3.8) is 0 Å². The van der Waals surface area contributed by atoms with E-state index in [1.165, 1.54) is 24.3 Å². The topological polar surface area (TPSA) is 87.0 Å². The molecule has 0 heterocycles. The summed E-state index contributed by atoms with van der Waals surface area (Å²) in [5.74, 6) is -0.379. The fraction of sp³-hybridized carbons (Fsp3) is 0.429. The van der Waals surface area contributed by atoms with Crippen LogP contribution >= 0.6 is 0 Å². The predicted molar refractivity (Wildman–Crippen MR) is 75.9 cm³/mol. The van der Waals surface area contributed by atoms with Gasteiger partial charge in [-0.1, -0.05) is 13.8 Å². The summed E-state index contributed by atoms with van der Waals surface area (Å²) in [6.45, 7) is 3.67. The summed E-state index contributed by atoms with van der Waals surface area (Å²) in [6.07, 6.45) is 2.12. The molecule has 0 fully saturated rings. The lowest BCUT2D eigenvalue weighted by Crippen LogP contribution is -2.46. The number of nitrogens with zero attached hydrogens (tertiary/aromatic N) is 1. The minimum atomic E-state index is -3.28. The molecule has 6 heteroatoms. The molecule has 5 nitrogen and oxygen atoms in total. The highest BCUT2D eigenvalue weighted by atomic mass is 32.2. The number of carbonyl (C=O) groups excluding carboxylic acids is 1. The van der Waals surface area contributed by atoms with Gasteiger partial charge in [0, 0.05) is 11.8 Å². The van der Waals surface area contributed by atoms with Gasteiger partial charge in [-0.3, -0.25) is 4.79 Å². The molecule has 108 valence electrons. The Morgan fingerprint density at radius 2 is 1.75 bits per heavy atom. The Morgan fingerprint density at radius 1 is 1.25 bits per heavy atom. The first kappa shape index (κ1) is 16.2. The average molecular weight is 294 g/mol. The number of carbonyl (C=O) groups is 1. The smallest absolute Gasteiger partial charge is 0.252 e. The second-order valence-electron chi connectivity index (χ2n) is 4.65. The first-order valence-corrected chi connectivity index (χ1v) is 8.21. The Labute approximate surface area is 119 Å². The van der Waals surface area contributed by atoms with Crippen LogP contribution in [-0.4, -0.2) is 26.1 Å². The van der Waals surface area contributed by atoms with Crippen molar-refractivity contribution in [1.82, 2.24) is 5.32 Å². The SMILES string of the molecule is CCC(C#N)(CC)NC(=O)c1ccc(S(C)(=O)=O)cc1. The van der Waals surface area contributed by atoms with Crippen LogP contribution in [0.15, 0.2) is 29.2 Å². The van der Waals surface area contributed by atoms with Crippen LogP contribution in [0.25, 0.3) is 0 Å². The number of sulfone groups is 1. The normalized spacial score (nSPS) is 11.7. The van der Waals surface area contributed by atoms with E-state index in [2.05, 4.69) is 11.4 Å². The molecule has 0 aliphatic carbocycles. The summed E-state index contributed by atoms with van der Waals surface area (Å²) in [7, 11) is -3.28. The highest BCUT2D eigenvalue weighted by Gasteiger charge is 2.28. The fourth-order valence-corrected chi connectivity index (χ4v) is 2.39. The summed E-state index contributed by atoms with van der Waals surface area (Å²) in [4.78, 5) is 12.2. The summed E-state index contributed by atoms with van der Waals surface area (Å²) in [5, 5.41) is 11.9.